The molecule has 0 bridgehead atoms. The van der Waals surface area contributed by atoms with Crippen LogP contribution in [0, 0.1) is 5.92 Å². The number of halogens is 2. The van der Waals surface area contributed by atoms with E-state index in [-0.39, 0.29) is 29.1 Å². The molecule has 25 heavy (non-hydrogen) atoms. The minimum absolute atomic E-state index is 0. The van der Waals surface area contributed by atoms with Crippen LogP contribution in [0.3, 0.4) is 0 Å². The van der Waals surface area contributed by atoms with Crippen LogP contribution in [0.2, 0.25) is 4.34 Å². The fourth-order valence-electron chi connectivity index (χ4n) is 2.76. The van der Waals surface area contributed by atoms with Gasteiger partial charge in [0.25, 0.3) is 10.0 Å². The van der Waals surface area contributed by atoms with Crippen molar-refractivity contribution in [1.82, 2.24) is 9.21 Å². The highest BCUT2D eigenvalue weighted by Gasteiger charge is 2.30. The minimum atomic E-state index is -3.55. The lowest BCUT2D eigenvalue weighted by atomic mass is 10.0. The summed E-state index contributed by atoms with van der Waals surface area (Å²) in [5, 5.41) is 0. The Balaban J connectivity index is 0.00000312. The summed E-state index contributed by atoms with van der Waals surface area (Å²) in [7, 11) is -3.55. The molecule has 0 radical (unpaired) electrons. The molecule has 1 aliphatic rings. The highest BCUT2D eigenvalue weighted by Crippen LogP contribution is 2.28. The van der Waals surface area contributed by atoms with Crippen LogP contribution in [-0.4, -0.2) is 55.8 Å². The molecule has 2 heterocycles. The number of hydrogen-bond donors (Lipinski definition) is 1. The standard InChI is InChI=1S/C15H24ClN3O3S2.ClH/c1-11(2)10-12(17)15(20)18-6-3-7-19(9-8-18)24(21,22)14-5-4-13(16)23-14;/h4-5,11-12H,3,6-10,17H2,1-2H3;1H/t12-;/m0./s1. The van der Waals surface area contributed by atoms with Crippen LogP contribution < -0.4 is 5.73 Å². The quantitative estimate of drug-likeness (QED) is 0.778. The van der Waals surface area contributed by atoms with Crippen molar-refractivity contribution in [3.05, 3.63) is 16.5 Å². The molecule has 0 aromatic carbocycles. The monoisotopic (exact) mass is 429 g/mol. The van der Waals surface area contributed by atoms with Crippen molar-refractivity contribution in [3.63, 3.8) is 0 Å². The second kappa shape index (κ2) is 9.53. The number of hydrogen-bond acceptors (Lipinski definition) is 5. The summed E-state index contributed by atoms with van der Waals surface area (Å²) in [6.07, 6.45) is 1.23. The van der Waals surface area contributed by atoms with Crippen molar-refractivity contribution >= 4 is 51.3 Å². The smallest absolute Gasteiger partial charge is 0.252 e. The predicted molar refractivity (Wildman–Crippen MR) is 104 cm³/mol. The summed E-state index contributed by atoms with van der Waals surface area (Å²) < 4.78 is 27.4. The Hall–Kier alpha value is -0.380. The predicted octanol–water partition coefficient (Wildman–Crippen LogP) is 2.42. The Bertz CT molecular complexity index is 679. The number of carbonyl (C=O) groups excluding carboxylic acids is 1. The summed E-state index contributed by atoms with van der Waals surface area (Å²) in [5.74, 6) is 0.249. The highest BCUT2D eigenvalue weighted by atomic mass is 35.5. The molecular weight excluding hydrogens is 405 g/mol. The lowest BCUT2D eigenvalue weighted by Gasteiger charge is -2.25. The summed E-state index contributed by atoms with van der Waals surface area (Å²) in [5.41, 5.74) is 5.98. The lowest BCUT2D eigenvalue weighted by molar-refractivity contribution is -0.132. The van der Waals surface area contributed by atoms with Crippen LogP contribution in [0.1, 0.15) is 26.7 Å². The van der Waals surface area contributed by atoms with Crippen LogP contribution in [0.5, 0.6) is 0 Å². The van der Waals surface area contributed by atoms with Gasteiger partial charge in [-0.2, -0.15) is 4.31 Å². The van der Waals surface area contributed by atoms with Gasteiger partial charge in [0.2, 0.25) is 5.91 Å². The molecule has 1 aromatic heterocycles. The van der Waals surface area contributed by atoms with Gasteiger partial charge < -0.3 is 10.6 Å². The van der Waals surface area contributed by atoms with E-state index in [0.29, 0.717) is 42.7 Å². The molecular formula is C15H25Cl2N3O3S2. The summed E-state index contributed by atoms with van der Waals surface area (Å²) in [6.45, 7) is 5.61. The molecule has 1 atom stereocenters. The number of nitrogens with two attached hydrogens (primary N) is 1. The molecule has 0 unspecified atom stereocenters. The van der Waals surface area contributed by atoms with Crippen molar-refractivity contribution in [3.8, 4) is 0 Å². The van der Waals surface area contributed by atoms with Crippen LogP contribution in [0.4, 0.5) is 0 Å². The van der Waals surface area contributed by atoms with E-state index in [1.165, 1.54) is 10.4 Å². The first-order chi connectivity index (χ1) is 11.2. The minimum Gasteiger partial charge on any atom is -0.340 e. The van der Waals surface area contributed by atoms with Gasteiger partial charge in [0.1, 0.15) is 4.21 Å². The Morgan fingerprint density at radius 1 is 1.28 bits per heavy atom. The van der Waals surface area contributed by atoms with Gasteiger partial charge in [-0.1, -0.05) is 25.4 Å². The first-order valence-electron chi connectivity index (χ1n) is 8.01. The van der Waals surface area contributed by atoms with E-state index in [4.69, 9.17) is 17.3 Å². The summed E-state index contributed by atoms with van der Waals surface area (Å²) in [4.78, 5) is 14.1. The second-order valence-electron chi connectivity index (χ2n) is 6.38. The van der Waals surface area contributed by atoms with Crippen LogP contribution in [0.25, 0.3) is 0 Å². The van der Waals surface area contributed by atoms with Gasteiger partial charge in [-0.05, 0) is 30.9 Å². The van der Waals surface area contributed by atoms with E-state index in [9.17, 15) is 13.2 Å². The number of carbonyl (C=O) groups is 1. The third-order valence-corrected chi connectivity index (χ3v) is 7.55. The zero-order valence-electron chi connectivity index (χ0n) is 14.4. The van der Waals surface area contributed by atoms with Crippen LogP contribution in [0.15, 0.2) is 16.3 Å². The van der Waals surface area contributed by atoms with Gasteiger partial charge in [0.15, 0.2) is 0 Å². The highest BCUT2D eigenvalue weighted by molar-refractivity contribution is 7.91. The number of nitrogens with zero attached hydrogens (tertiary/aromatic N) is 2. The average Bonchev–Trinajstić information content (AvgIpc) is 2.80. The Morgan fingerprint density at radius 3 is 2.52 bits per heavy atom. The molecule has 0 aliphatic carbocycles. The lowest BCUT2D eigenvalue weighted by Crippen LogP contribution is -2.46. The Kier molecular flexibility index (Phi) is 8.63. The van der Waals surface area contributed by atoms with Gasteiger partial charge in [-0.3, -0.25) is 4.79 Å². The molecule has 1 aliphatic heterocycles. The van der Waals surface area contributed by atoms with Crippen molar-refractivity contribution in [2.45, 2.75) is 36.9 Å². The molecule has 144 valence electrons. The van der Waals surface area contributed by atoms with Gasteiger partial charge in [0.05, 0.1) is 10.4 Å². The van der Waals surface area contributed by atoms with Gasteiger partial charge in [0, 0.05) is 26.2 Å². The van der Waals surface area contributed by atoms with Gasteiger partial charge in [-0.15, -0.1) is 23.7 Å². The molecule has 1 fully saturated rings. The SMILES string of the molecule is CC(C)C[C@H](N)C(=O)N1CCCN(S(=O)(=O)c2ccc(Cl)s2)CC1.Cl. The van der Waals surface area contributed by atoms with Crippen molar-refractivity contribution in [2.24, 2.45) is 11.7 Å². The largest absolute Gasteiger partial charge is 0.340 e. The first-order valence-corrected chi connectivity index (χ1v) is 10.6. The molecule has 1 saturated heterocycles. The molecule has 0 saturated carbocycles. The van der Waals surface area contributed by atoms with Gasteiger partial charge in [-0.25, -0.2) is 8.42 Å². The topological polar surface area (TPSA) is 83.7 Å². The van der Waals surface area contributed by atoms with E-state index in [0.717, 1.165) is 11.3 Å². The zero-order chi connectivity index (χ0) is 17.9. The Morgan fingerprint density at radius 2 is 1.96 bits per heavy atom. The maximum atomic E-state index is 12.7. The van der Waals surface area contributed by atoms with Crippen molar-refractivity contribution < 1.29 is 13.2 Å². The molecule has 2 rings (SSSR count). The fourth-order valence-corrected chi connectivity index (χ4v) is 5.87. The maximum absolute atomic E-state index is 12.7. The van der Waals surface area contributed by atoms with Crippen LogP contribution >= 0.6 is 35.3 Å². The number of sulfonamides is 1. The number of rotatable bonds is 5. The second-order valence-corrected chi connectivity index (χ2v) is 10.3. The van der Waals surface area contributed by atoms with Crippen molar-refractivity contribution in [1.29, 1.82) is 0 Å². The van der Waals surface area contributed by atoms with E-state index in [1.54, 1.807) is 11.0 Å². The average molecular weight is 430 g/mol. The molecule has 0 spiro atoms. The van der Waals surface area contributed by atoms with Gasteiger partial charge >= 0.3 is 0 Å². The molecule has 6 nitrogen and oxygen atoms in total. The van der Waals surface area contributed by atoms with E-state index in [2.05, 4.69) is 0 Å². The van der Waals surface area contributed by atoms with Crippen LogP contribution in [-0.2, 0) is 14.8 Å². The first kappa shape index (κ1) is 22.7. The Labute approximate surface area is 164 Å². The fraction of sp³-hybridized carbons (Fsp3) is 0.667. The van der Waals surface area contributed by atoms with E-state index in [1.807, 2.05) is 13.8 Å². The normalized spacial score (nSPS) is 17.9. The number of amides is 1. The molecule has 1 amide bonds. The molecule has 10 heteroatoms. The van der Waals surface area contributed by atoms with Crippen molar-refractivity contribution in [2.75, 3.05) is 26.2 Å². The third kappa shape index (κ3) is 5.80. The van der Waals surface area contributed by atoms with E-state index < -0.39 is 16.1 Å². The zero-order valence-corrected chi connectivity index (χ0v) is 17.6. The van der Waals surface area contributed by atoms with E-state index >= 15 is 0 Å². The summed E-state index contributed by atoms with van der Waals surface area (Å²) in [6, 6.07) is 2.58. The molecule has 1 aromatic rings. The summed E-state index contributed by atoms with van der Waals surface area (Å²) >= 11 is 6.90. The number of thiophene rings is 1. The third-order valence-electron chi connectivity index (χ3n) is 3.95. The molecule has 2 N–H and O–H groups in total. The maximum Gasteiger partial charge on any atom is 0.252 e.